The van der Waals surface area contributed by atoms with Gasteiger partial charge in [0.1, 0.15) is 0 Å². The van der Waals surface area contributed by atoms with Crippen molar-refractivity contribution in [3.63, 3.8) is 0 Å². The molecule has 1 saturated heterocycles. The molecule has 3 rings (SSSR count). The van der Waals surface area contributed by atoms with Crippen molar-refractivity contribution in [1.29, 1.82) is 0 Å². The number of nitrogens with zero attached hydrogens (tertiary/aromatic N) is 4. The van der Waals surface area contributed by atoms with E-state index in [9.17, 15) is 0 Å². The fourth-order valence-electron chi connectivity index (χ4n) is 3.04. The Labute approximate surface area is 138 Å². The molecular weight excluding hydrogens is 298 g/mol. The second-order valence-electron chi connectivity index (χ2n) is 5.76. The van der Waals surface area contributed by atoms with Crippen molar-refractivity contribution in [2.24, 2.45) is 0 Å². The molecule has 0 saturated carbocycles. The van der Waals surface area contributed by atoms with E-state index in [1.807, 2.05) is 36.1 Å². The van der Waals surface area contributed by atoms with E-state index in [2.05, 4.69) is 34.1 Å². The van der Waals surface area contributed by atoms with Crippen molar-refractivity contribution in [1.82, 2.24) is 25.0 Å². The highest BCUT2D eigenvalue weighted by Gasteiger charge is 2.23. The number of pyridine rings is 1. The zero-order valence-corrected chi connectivity index (χ0v) is 14.2. The first-order valence-electron chi connectivity index (χ1n) is 7.55. The van der Waals surface area contributed by atoms with Crippen LogP contribution in [-0.4, -0.2) is 45.8 Å². The second kappa shape index (κ2) is 7.22. The van der Waals surface area contributed by atoms with Crippen LogP contribution in [0, 0.1) is 13.8 Å². The summed E-state index contributed by atoms with van der Waals surface area (Å²) in [6, 6.07) is 6.54. The molecular formula is C16H24ClN5. The van der Waals surface area contributed by atoms with Crippen LogP contribution in [0.5, 0.6) is 0 Å². The van der Waals surface area contributed by atoms with E-state index < -0.39 is 0 Å². The first-order chi connectivity index (χ1) is 10.2. The van der Waals surface area contributed by atoms with Gasteiger partial charge in [0.25, 0.3) is 0 Å². The fourth-order valence-corrected chi connectivity index (χ4v) is 3.04. The van der Waals surface area contributed by atoms with Crippen LogP contribution < -0.4 is 5.32 Å². The van der Waals surface area contributed by atoms with Gasteiger partial charge in [-0.15, -0.1) is 12.4 Å². The summed E-state index contributed by atoms with van der Waals surface area (Å²) in [5.41, 5.74) is 3.63. The van der Waals surface area contributed by atoms with Crippen LogP contribution in [0.3, 0.4) is 0 Å². The van der Waals surface area contributed by atoms with Crippen molar-refractivity contribution in [3.05, 3.63) is 41.3 Å². The van der Waals surface area contributed by atoms with Gasteiger partial charge in [0.15, 0.2) is 5.82 Å². The summed E-state index contributed by atoms with van der Waals surface area (Å²) in [5.74, 6) is 0.888. The standard InChI is InChI=1S/C16H23N5.ClH/c1-12-15(11-20-9-7-14(10-20)17-3)13(2)21(19-12)16-6-4-5-8-18-16;/h4-6,8,14,17H,7,9-11H2,1-3H3;1H. The van der Waals surface area contributed by atoms with E-state index in [1.165, 1.54) is 17.7 Å². The van der Waals surface area contributed by atoms with Gasteiger partial charge < -0.3 is 5.32 Å². The summed E-state index contributed by atoms with van der Waals surface area (Å²) in [7, 11) is 2.05. The van der Waals surface area contributed by atoms with Gasteiger partial charge in [-0.1, -0.05) is 6.07 Å². The number of nitrogens with one attached hydrogen (secondary N) is 1. The largest absolute Gasteiger partial charge is 0.316 e. The van der Waals surface area contributed by atoms with E-state index in [1.54, 1.807) is 0 Å². The van der Waals surface area contributed by atoms with Crippen molar-refractivity contribution >= 4 is 12.4 Å². The predicted octanol–water partition coefficient (Wildman–Crippen LogP) is 2.10. The predicted molar refractivity (Wildman–Crippen MR) is 90.8 cm³/mol. The van der Waals surface area contributed by atoms with Crippen molar-refractivity contribution < 1.29 is 0 Å². The van der Waals surface area contributed by atoms with E-state index in [4.69, 9.17) is 0 Å². The van der Waals surface area contributed by atoms with Crippen LogP contribution in [0.1, 0.15) is 23.4 Å². The topological polar surface area (TPSA) is 46.0 Å². The number of hydrogen-bond acceptors (Lipinski definition) is 4. The SMILES string of the molecule is CNC1CCN(Cc2c(C)nn(-c3ccccn3)c2C)C1.Cl. The molecule has 2 aromatic heterocycles. The summed E-state index contributed by atoms with van der Waals surface area (Å²) in [5, 5.41) is 8.04. The van der Waals surface area contributed by atoms with Gasteiger partial charge >= 0.3 is 0 Å². The number of aryl methyl sites for hydroxylation is 1. The van der Waals surface area contributed by atoms with Gasteiger partial charge in [-0.2, -0.15) is 5.10 Å². The molecule has 1 aliphatic rings. The summed E-state index contributed by atoms with van der Waals surface area (Å²) >= 11 is 0. The second-order valence-corrected chi connectivity index (χ2v) is 5.76. The van der Waals surface area contributed by atoms with Crippen LogP contribution in [0.4, 0.5) is 0 Å². The number of rotatable bonds is 4. The van der Waals surface area contributed by atoms with Crippen LogP contribution in [0.15, 0.2) is 24.4 Å². The highest BCUT2D eigenvalue weighted by molar-refractivity contribution is 5.85. The molecule has 5 nitrogen and oxygen atoms in total. The molecule has 6 heteroatoms. The lowest BCUT2D eigenvalue weighted by molar-refractivity contribution is 0.321. The molecule has 0 spiro atoms. The molecule has 2 aromatic rings. The summed E-state index contributed by atoms with van der Waals surface area (Å²) in [6.45, 7) is 7.47. The fraction of sp³-hybridized carbons (Fsp3) is 0.500. The quantitative estimate of drug-likeness (QED) is 0.937. The third-order valence-corrected chi connectivity index (χ3v) is 4.37. The lowest BCUT2D eigenvalue weighted by atomic mass is 10.2. The van der Waals surface area contributed by atoms with Crippen molar-refractivity contribution in [3.8, 4) is 5.82 Å². The molecule has 0 aliphatic carbocycles. The highest BCUT2D eigenvalue weighted by Crippen LogP contribution is 2.20. The Hall–Kier alpha value is -1.43. The highest BCUT2D eigenvalue weighted by atomic mass is 35.5. The lowest BCUT2D eigenvalue weighted by Gasteiger charge is -2.16. The molecule has 0 amide bonds. The Kier molecular flexibility index (Phi) is 5.56. The van der Waals surface area contributed by atoms with Gasteiger partial charge in [-0.3, -0.25) is 4.90 Å². The van der Waals surface area contributed by atoms with E-state index in [0.717, 1.165) is 31.1 Å². The average Bonchev–Trinajstić information content (AvgIpc) is 3.08. The minimum Gasteiger partial charge on any atom is -0.316 e. The van der Waals surface area contributed by atoms with Crippen LogP contribution >= 0.6 is 12.4 Å². The van der Waals surface area contributed by atoms with E-state index >= 15 is 0 Å². The summed E-state index contributed by atoms with van der Waals surface area (Å²) in [6.07, 6.45) is 3.03. The van der Waals surface area contributed by atoms with Gasteiger partial charge in [0.2, 0.25) is 0 Å². The van der Waals surface area contributed by atoms with Crippen LogP contribution in [0.2, 0.25) is 0 Å². The van der Waals surface area contributed by atoms with E-state index in [-0.39, 0.29) is 12.4 Å². The Bertz CT molecular complexity index is 610. The summed E-state index contributed by atoms with van der Waals surface area (Å²) < 4.78 is 1.95. The monoisotopic (exact) mass is 321 g/mol. The molecule has 1 atom stereocenters. The molecule has 1 fully saturated rings. The first-order valence-corrected chi connectivity index (χ1v) is 7.55. The molecule has 120 valence electrons. The lowest BCUT2D eigenvalue weighted by Crippen LogP contribution is -2.29. The maximum atomic E-state index is 4.67. The van der Waals surface area contributed by atoms with Crippen molar-refractivity contribution in [2.75, 3.05) is 20.1 Å². The number of likely N-dealkylation sites (tertiary alicyclic amines) is 1. The van der Waals surface area contributed by atoms with Gasteiger partial charge in [-0.05, 0) is 39.4 Å². The molecule has 0 bridgehead atoms. The van der Waals surface area contributed by atoms with Crippen molar-refractivity contribution in [2.45, 2.75) is 32.9 Å². The third kappa shape index (κ3) is 3.32. The Morgan fingerprint density at radius 3 is 2.77 bits per heavy atom. The minimum absolute atomic E-state index is 0. The minimum atomic E-state index is 0. The number of likely N-dealkylation sites (N-methyl/N-ethyl adjacent to an activating group) is 1. The zero-order chi connectivity index (χ0) is 14.8. The van der Waals surface area contributed by atoms with Crippen LogP contribution in [-0.2, 0) is 6.54 Å². The smallest absolute Gasteiger partial charge is 0.153 e. The molecule has 1 unspecified atom stereocenters. The maximum absolute atomic E-state index is 4.67. The number of aromatic nitrogens is 3. The van der Waals surface area contributed by atoms with Gasteiger partial charge in [-0.25, -0.2) is 9.67 Å². The molecule has 22 heavy (non-hydrogen) atoms. The Balaban J connectivity index is 0.00000176. The Morgan fingerprint density at radius 1 is 1.32 bits per heavy atom. The molecule has 0 aromatic carbocycles. The van der Waals surface area contributed by atoms with E-state index in [0.29, 0.717) is 6.04 Å². The average molecular weight is 322 g/mol. The van der Waals surface area contributed by atoms with Gasteiger partial charge in [0.05, 0.1) is 5.69 Å². The number of hydrogen-bond donors (Lipinski definition) is 1. The molecule has 1 aliphatic heterocycles. The zero-order valence-electron chi connectivity index (χ0n) is 13.4. The normalized spacial score (nSPS) is 18.4. The third-order valence-electron chi connectivity index (χ3n) is 4.37. The maximum Gasteiger partial charge on any atom is 0.153 e. The number of halogens is 1. The summed E-state index contributed by atoms with van der Waals surface area (Å²) in [4.78, 5) is 6.90. The molecule has 3 heterocycles. The molecule has 0 radical (unpaired) electrons. The van der Waals surface area contributed by atoms with Gasteiger partial charge in [0, 0.05) is 43.1 Å². The van der Waals surface area contributed by atoms with Crippen LogP contribution in [0.25, 0.3) is 5.82 Å². The Morgan fingerprint density at radius 2 is 2.14 bits per heavy atom. The molecule has 1 N–H and O–H groups in total. The first kappa shape index (κ1) is 16.9.